The molecule has 0 radical (unpaired) electrons. The van der Waals surface area contributed by atoms with Gasteiger partial charge in [0.25, 0.3) is 0 Å². The summed E-state index contributed by atoms with van der Waals surface area (Å²) in [5.41, 5.74) is 0. The van der Waals surface area contributed by atoms with Crippen molar-refractivity contribution in [2.45, 2.75) is 6.42 Å². The minimum atomic E-state index is 0.922. The van der Waals surface area contributed by atoms with Crippen LogP contribution in [-0.4, -0.2) is 5.33 Å². The Balaban J connectivity index is 2.79. The molecular weight excluding hydrogens is 208 g/mol. The number of hydrogen-bond donors (Lipinski definition) is 0. The van der Waals surface area contributed by atoms with Crippen LogP contribution in [0.15, 0.2) is 0 Å². The fraction of sp³-hybridized carbons (Fsp3) is 0.500. The van der Waals surface area contributed by atoms with E-state index in [4.69, 9.17) is 0 Å². The summed E-state index contributed by atoms with van der Waals surface area (Å²) in [7, 11) is 0. The molecule has 0 aromatic heterocycles. The fourth-order valence-corrected chi connectivity index (χ4v) is 0.491. The zero-order chi connectivity index (χ0) is 4.83. The maximum atomic E-state index is 3.23. The van der Waals surface area contributed by atoms with E-state index in [9.17, 15) is 0 Å². The van der Waals surface area contributed by atoms with Gasteiger partial charge in [0.15, 0.2) is 0 Å². The van der Waals surface area contributed by atoms with Gasteiger partial charge in [-0.2, -0.15) is 0 Å². The van der Waals surface area contributed by atoms with Gasteiger partial charge in [-0.1, -0.05) is 21.9 Å². The zero-order valence-corrected chi connectivity index (χ0v) is 6.34. The molecule has 0 aliphatic heterocycles. The van der Waals surface area contributed by atoms with Crippen molar-refractivity contribution in [1.82, 2.24) is 0 Å². The third-order valence-corrected chi connectivity index (χ3v) is 0.963. The van der Waals surface area contributed by atoms with Gasteiger partial charge in [0, 0.05) is 27.7 Å². The average molecular weight is 212 g/mol. The first-order valence-corrected chi connectivity index (χ1v) is 3.47. The molecule has 0 N–H and O–H groups in total. The molecule has 0 saturated carbocycles. The van der Waals surface area contributed by atoms with Gasteiger partial charge in [0.05, 0.1) is 0 Å². The lowest BCUT2D eigenvalue weighted by molar-refractivity contribution is 1.32. The first kappa shape index (κ1) is 6.52. The second-order valence-corrected chi connectivity index (χ2v) is 1.90. The molecule has 0 aromatic carbocycles. The Kier molecular flexibility index (Phi) is 6.00. The Bertz CT molecular complexity index is 67.4. The van der Waals surface area contributed by atoms with E-state index in [-0.39, 0.29) is 0 Å². The molecule has 0 unspecified atom stereocenters. The molecule has 0 saturated heterocycles. The van der Waals surface area contributed by atoms with Gasteiger partial charge < -0.3 is 0 Å². The Morgan fingerprint density at radius 1 is 1.50 bits per heavy atom. The van der Waals surface area contributed by atoms with Gasteiger partial charge in [-0.05, 0) is 4.83 Å². The summed E-state index contributed by atoms with van der Waals surface area (Å²) in [5.74, 6) is 2.82. The molecule has 0 aromatic rings. The number of alkyl halides is 1. The van der Waals surface area contributed by atoms with Crippen LogP contribution in [0.2, 0.25) is 0 Å². The molecule has 6 heavy (non-hydrogen) atoms. The zero-order valence-electron chi connectivity index (χ0n) is 3.17. The number of hydrogen-bond acceptors (Lipinski definition) is 0. The predicted octanol–water partition coefficient (Wildman–Crippen LogP) is 2.13. The highest BCUT2D eigenvalue weighted by Gasteiger charge is 1.66. The van der Waals surface area contributed by atoms with Crippen molar-refractivity contribution in [3.8, 4) is 10.8 Å². The molecule has 0 heterocycles. The Labute approximate surface area is 54.6 Å². The lowest BCUT2D eigenvalue weighted by Crippen LogP contribution is -1.61. The van der Waals surface area contributed by atoms with Crippen molar-refractivity contribution >= 4 is 31.9 Å². The van der Waals surface area contributed by atoms with Gasteiger partial charge >= 0.3 is 0 Å². The van der Waals surface area contributed by atoms with E-state index in [1.165, 1.54) is 0 Å². The van der Waals surface area contributed by atoms with Crippen LogP contribution in [0, 0.1) is 10.8 Å². The van der Waals surface area contributed by atoms with Gasteiger partial charge in [-0.25, -0.2) is 0 Å². The van der Waals surface area contributed by atoms with E-state index in [1.807, 2.05) is 0 Å². The topological polar surface area (TPSA) is 0 Å². The van der Waals surface area contributed by atoms with E-state index >= 15 is 0 Å². The van der Waals surface area contributed by atoms with E-state index in [1.54, 1.807) is 0 Å². The minimum absolute atomic E-state index is 0.922. The summed E-state index contributed by atoms with van der Waals surface area (Å²) >= 11 is 6.20. The minimum Gasteiger partial charge on any atom is -0.0918 e. The van der Waals surface area contributed by atoms with Gasteiger partial charge in [0.2, 0.25) is 0 Å². The Hall–Kier alpha value is 0.520. The van der Waals surface area contributed by atoms with Crippen LogP contribution in [0.4, 0.5) is 0 Å². The van der Waals surface area contributed by atoms with Crippen LogP contribution < -0.4 is 0 Å². The molecule has 34 valence electrons. The highest BCUT2D eigenvalue weighted by molar-refractivity contribution is 9.12. The predicted molar refractivity (Wildman–Crippen MR) is 35.1 cm³/mol. The number of halogens is 2. The van der Waals surface area contributed by atoms with Crippen molar-refractivity contribution in [2.75, 3.05) is 5.33 Å². The molecule has 0 aliphatic rings. The lowest BCUT2D eigenvalue weighted by Gasteiger charge is -1.69. The normalized spacial score (nSPS) is 6.33. The maximum Gasteiger partial charge on any atom is 0.0195 e. The third-order valence-electron chi connectivity index (χ3n) is 0.286. The number of rotatable bonds is 1. The highest BCUT2D eigenvalue weighted by Crippen LogP contribution is 1.83. The monoisotopic (exact) mass is 210 g/mol. The highest BCUT2D eigenvalue weighted by atomic mass is 79.9. The van der Waals surface area contributed by atoms with Crippen LogP contribution in [0.5, 0.6) is 0 Å². The molecule has 0 aliphatic carbocycles. The van der Waals surface area contributed by atoms with E-state index in [2.05, 4.69) is 42.6 Å². The van der Waals surface area contributed by atoms with Crippen LogP contribution >= 0.6 is 31.9 Å². The van der Waals surface area contributed by atoms with Gasteiger partial charge in [-0.3, -0.25) is 0 Å². The van der Waals surface area contributed by atoms with Crippen molar-refractivity contribution in [3.05, 3.63) is 0 Å². The Morgan fingerprint density at radius 2 is 2.17 bits per heavy atom. The van der Waals surface area contributed by atoms with Crippen LogP contribution in [-0.2, 0) is 0 Å². The summed E-state index contributed by atoms with van der Waals surface area (Å²) in [6, 6.07) is 0. The average Bonchev–Trinajstić information content (AvgIpc) is 1.61. The molecular formula is C4H4Br2. The second-order valence-electron chi connectivity index (χ2n) is 0.710. The van der Waals surface area contributed by atoms with Crippen LogP contribution in [0.25, 0.3) is 0 Å². The SMILES string of the molecule is BrC#CCCBr. The second kappa shape index (κ2) is 5.52. The molecule has 0 atom stereocenters. The van der Waals surface area contributed by atoms with Crippen LogP contribution in [0.3, 0.4) is 0 Å². The standard InChI is InChI=1S/C4H4Br2/c5-3-1-2-4-6/h1,3H2. The van der Waals surface area contributed by atoms with Crippen molar-refractivity contribution in [3.63, 3.8) is 0 Å². The van der Waals surface area contributed by atoms with Gasteiger partial charge in [-0.15, -0.1) is 0 Å². The summed E-state index contributed by atoms with van der Waals surface area (Å²) in [5, 5.41) is 0.964. The van der Waals surface area contributed by atoms with E-state index in [0.717, 1.165) is 11.8 Å². The smallest absolute Gasteiger partial charge is 0.0195 e. The fourth-order valence-electron chi connectivity index (χ4n) is 0.0945. The first-order chi connectivity index (χ1) is 2.91. The molecule has 0 spiro atoms. The summed E-state index contributed by atoms with van der Waals surface area (Å²) < 4.78 is 0. The molecule has 0 amide bonds. The molecule has 0 bridgehead atoms. The lowest BCUT2D eigenvalue weighted by atomic mass is 10.5. The maximum absolute atomic E-state index is 3.23. The first-order valence-electron chi connectivity index (χ1n) is 1.56. The van der Waals surface area contributed by atoms with E-state index < -0.39 is 0 Å². The van der Waals surface area contributed by atoms with E-state index in [0.29, 0.717) is 0 Å². The summed E-state index contributed by atoms with van der Waals surface area (Å²) in [6.07, 6.45) is 0.922. The molecule has 0 rings (SSSR count). The molecule has 0 fully saturated rings. The molecule has 0 nitrogen and oxygen atoms in total. The summed E-state index contributed by atoms with van der Waals surface area (Å²) in [6.45, 7) is 0. The third kappa shape index (κ3) is 4.52. The summed E-state index contributed by atoms with van der Waals surface area (Å²) in [4.78, 5) is 2.60. The molecule has 2 heteroatoms. The Morgan fingerprint density at radius 3 is 2.33 bits per heavy atom. The van der Waals surface area contributed by atoms with Crippen molar-refractivity contribution in [1.29, 1.82) is 0 Å². The van der Waals surface area contributed by atoms with Crippen LogP contribution in [0.1, 0.15) is 6.42 Å². The largest absolute Gasteiger partial charge is 0.0918 e. The van der Waals surface area contributed by atoms with Crippen molar-refractivity contribution in [2.24, 2.45) is 0 Å². The van der Waals surface area contributed by atoms with Gasteiger partial charge in [0.1, 0.15) is 0 Å². The quantitative estimate of drug-likeness (QED) is 0.461. The van der Waals surface area contributed by atoms with Crippen molar-refractivity contribution < 1.29 is 0 Å².